The third kappa shape index (κ3) is 1.49. The van der Waals surface area contributed by atoms with Crippen LogP contribution in [0.15, 0.2) is 24.3 Å². The number of benzene rings is 1. The van der Waals surface area contributed by atoms with Gasteiger partial charge in [0.15, 0.2) is 0 Å². The Morgan fingerprint density at radius 3 is 2.40 bits per heavy atom. The molecular formula is C7H7NS2. The van der Waals surface area contributed by atoms with Crippen molar-refractivity contribution in [2.45, 2.75) is 0 Å². The average molecular weight is 169 g/mol. The molecule has 0 aliphatic rings. The Bertz CT molecular complexity index is 258. The van der Waals surface area contributed by atoms with Crippen molar-refractivity contribution in [3.8, 4) is 0 Å². The summed E-state index contributed by atoms with van der Waals surface area (Å²) in [5.41, 5.74) is 7.10. The molecule has 1 nitrogen and oxygen atoms in total. The third-order valence-corrected chi connectivity index (χ3v) is 1.65. The number of rotatable bonds is 1. The fraction of sp³-hybridized carbons (Fsp3) is 0. The van der Waals surface area contributed by atoms with E-state index in [4.69, 9.17) is 18.0 Å². The van der Waals surface area contributed by atoms with Gasteiger partial charge in [-0.3, -0.25) is 0 Å². The Kier molecular flexibility index (Phi) is 2.29. The fourth-order valence-corrected chi connectivity index (χ4v) is 1.08. The highest BCUT2D eigenvalue weighted by Crippen LogP contribution is 2.13. The van der Waals surface area contributed by atoms with Crippen LogP contribution in [0.1, 0.15) is 5.56 Å². The number of hydrogen-bond acceptors (Lipinski definition) is 2. The number of hydrogen-bond donors (Lipinski definition) is 2. The molecule has 1 aromatic rings. The summed E-state index contributed by atoms with van der Waals surface area (Å²) in [4.78, 5) is 0. The van der Waals surface area contributed by atoms with Crippen molar-refractivity contribution >= 4 is 34.7 Å². The van der Waals surface area contributed by atoms with Gasteiger partial charge in [-0.15, -0.1) is 12.6 Å². The maximum absolute atomic E-state index is 5.59. The summed E-state index contributed by atoms with van der Waals surface area (Å²) in [6, 6.07) is 7.40. The molecule has 0 unspecified atom stereocenters. The van der Waals surface area contributed by atoms with Gasteiger partial charge in [0.05, 0.1) is 4.20 Å². The van der Waals surface area contributed by atoms with Gasteiger partial charge in [0.1, 0.15) is 0 Å². The fourth-order valence-electron chi connectivity index (χ4n) is 0.692. The van der Waals surface area contributed by atoms with Crippen LogP contribution in [0.25, 0.3) is 0 Å². The number of nitrogens with two attached hydrogens (primary N) is 1. The summed E-state index contributed by atoms with van der Waals surface area (Å²) in [5.74, 6) is 0. The van der Waals surface area contributed by atoms with E-state index in [2.05, 4.69) is 12.6 Å². The van der Waals surface area contributed by atoms with Gasteiger partial charge in [-0.2, -0.15) is 0 Å². The van der Waals surface area contributed by atoms with Crippen LogP contribution in [0.3, 0.4) is 0 Å². The summed E-state index contributed by atoms with van der Waals surface area (Å²) in [7, 11) is 0. The van der Waals surface area contributed by atoms with Crippen LogP contribution in [0.2, 0.25) is 0 Å². The maximum atomic E-state index is 5.59. The quantitative estimate of drug-likeness (QED) is 0.381. The van der Waals surface area contributed by atoms with Gasteiger partial charge in [0.2, 0.25) is 0 Å². The number of nitrogen functional groups attached to an aromatic ring is 1. The van der Waals surface area contributed by atoms with Crippen molar-refractivity contribution in [3.05, 3.63) is 29.8 Å². The maximum Gasteiger partial charge on any atom is 0.0768 e. The zero-order valence-corrected chi connectivity index (χ0v) is 6.95. The van der Waals surface area contributed by atoms with Gasteiger partial charge in [-0.1, -0.05) is 30.4 Å². The van der Waals surface area contributed by atoms with E-state index in [-0.39, 0.29) is 0 Å². The molecule has 52 valence electrons. The highest BCUT2D eigenvalue weighted by molar-refractivity contribution is 8.11. The smallest absolute Gasteiger partial charge is 0.0768 e. The number of para-hydroxylation sites is 1. The van der Waals surface area contributed by atoms with Crippen molar-refractivity contribution in [1.29, 1.82) is 0 Å². The number of anilines is 1. The van der Waals surface area contributed by atoms with E-state index in [1.165, 1.54) is 0 Å². The Labute approximate surface area is 70.7 Å². The van der Waals surface area contributed by atoms with Crippen molar-refractivity contribution in [1.82, 2.24) is 0 Å². The molecule has 0 aliphatic carbocycles. The molecule has 10 heavy (non-hydrogen) atoms. The largest absolute Gasteiger partial charge is 0.398 e. The van der Waals surface area contributed by atoms with Gasteiger partial charge >= 0.3 is 0 Å². The molecule has 2 N–H and O–H groups in total. The van der Waals surface area contributed by atoms with E-state index in [1.807, 2.05) is 18.2 Å². The highest BCUT2D eigenvalue weighted by atomic mass is 32.1. The number of thiocarbonyl (C=S) groups is 1. The Hall–Kier alpha value is -0.540. The van der Waals surface area contributed by atoms with Gasteiger partial charge in [0.25, 0.3) is 0 Å². The molecule has 0 saturated carbocycles. The van der Waals surface area contributed by atoms with Crippen molar-refractivity contribution < 1.29 is 0 Å². The van der Waals surface area contributed by atoms with E-state index >= 15 is 0 Å². The Morgan fingerprint density at radius 2 is 2.00 bits per heavy atom. The normalized spacial score (nSPS) is 9.30. The molecule has 0 bridgehead atoms. The molecule has 0 saturated heterocycles. The summed E-state index contributed by atoms with van der Waals surface area (Å²) in [6.45, 7) is 0. The third-order valence-electron chi connectivity index (χ3n) is 1.19. The van der Waals surface area contributed by atoms with Crippen molar-refractivity contribution in [2.24, 2.45) is 0 Å². The van der Waals surface area contributed by atoms with E-state index in [0.29, 0.717) is 9.88 Å². The van der Waals surface area contributed by atoms with Crippen LogP contribution in [0, 0.1) is 0 Å². The summed E-state index contributed by atoms with van der Waals surface area (Å²) < 4.78 is 0.540. The summed E-state index contributed by atoms with van der Waals surface area (Å²) in [6.07, 6.45) is 0. The molecule has 1 rings (SSSR count). The van der Waals surface area contributed by atoms with Gasteiger partial charge in [-0.05, 0) is 6.07 Å². The topological polar surface area (TPSA) is 26.0 Å². The monoisotopic (exact) mass is 169 g/mol. The Morgan fingerprint density at radius 1 is 1.40 bits per heavy atom. The zero-order valence-electron chi connectivity index (χ0n) is 5.24. The molecule has 0 spiro atoms. The lowest BCUT2D eigenvalue weighted by molar-refractivity contribution is 1.66. The standard InChI is InChI=1S/C7H7NS2/c8-6-4-2-1-3-5(6)7(9)10/h1-4H,8H2,(H,9,10). The summed E-state index contributed by atoms with van der Waals surface area (Å²) in [5, 5.41) is 0. The lowest BCUT2D eigenvalue weighted by Gasteiger charge is -1.99. The first-order valence-electron chi connectivity index (χ1n) is 2.79. The van der Waals surface area contributed by atoms with E-state index in [0.717, 1.165) is 5.56 Å². The first kappa shape index (κ1) is 7.57. The molecule has 0 atom stereocenters. The van der Waals surface area contributed by atoms with E-state index < -0.39 is 0 Å². The first-order chi connectivity index (χ1) is 4.72. The van der Waals surface area contributed by atoms with E-state index in [9.17, 15) is 0 Å². The van der Waals surface area contributed by atoms with Crippen LogP contribution in [-0.2, 0) is 0 Å². The molecule has 0 fully saturated rings. The molecule has 0 aromatic heterocycles. The minimum atomic E-state index is 0.540. The van der Waals surface area contributed by atoms with Crippen LogP contribution in [0.5, 0.6) is 0 Å². The zero-order chi connectivity index (χ0) is 7.56. The lowest BCUT2D eigenvalue weighted by atomic mass is 10.2. The minimum Gasteiger partial charge on any atom is -0.398 e. The van der Waals surface area contributed by atoms with Gasteiger partial charge < -0.3 is 5.73 Å². The summed E-state index contributed by atoms with van der Waals surface area (Å²) >= 11 is 8.84. The molecule has 1 aromatic carbocycles. The predicted molar refractivity (Wildman–Crippen MR) is 51.5 cm³/mol. The van der Waals surface area contributed by atoms with Gasteiger partial charge in [-0.25, -0.2) is 0 Å². The molecule has 0 heterocycles. The Balaban J connectivity index is 3.15. The second-order valence-corrected chi connectivity index (χ2v) is 3.05. The molecule has 0 aliphatic heterocycles. The van der Waals surface area contributed by atoms with Crippen LogP contribution < -0.4 is 5.73 Å². The number of thiol groups is 1. The minimum absolute atomic E-state index is 0.540. The van der Waals surface area contributed by atoms with Crippen LogP contribution in [0.4, 0.5) is 5.69 Å². The van der Waals surface area contributed by atoms with Gasteiger partial charge in [0, 0.05) is 11.3 Å². The van der Waals surface area contributed by atoms with Crippen LogP contribution in [-0.4, -0.2) is 4.20 Å². The SMILES string of the molecule is Nc1ccccc1C(=S)S. The predicted octanol–water partition coefficient (Wildman–Crippen LogP) is 1.87. The molecular weight excluding hydrogens is 162 g/mol. The second kappa shape index (κ2) is 3.03. The van der Waals surface area contributed by atoms with Crippen molar-refractivity contribution in [2.75, 3.05) is 5.73 Å². The first-order valence-corrected chi connectivity index (χ1v) is 3.65. The van der Waals surface area contributed by atoms with Crippen molar-refractivity contribution in [3.63, 3.8) is 0 Å². The second-order valence-electron chi connectivity index (χ2n) is 1.89. The lowest BCUT2D eigenvalue weighted by Crippen LogP contribution is -1.94. The molecule has 3 heteroatoms. The molecule has 0 amide bonds. The van der Waals surface area contributed by atoms with E-state index in [1.54, 1.807) is 6.07 Å². The average Bonchev–Trinajstić information content (AvgIpc) is 1.88. The molecule has 0 radical (unpaired) electrons. The van der Waals surface area contributed by atoms with Crippen LogP contribution >= 0.6 is 24.8 Å². The highest BCUT2D eigenvalue weighted by Gasteiger charge is 1.97.